The predicted octanol–water partition coefficient (Wildman–Crippen LogP) is 2.84. The van der Waals surface area contributed by atoms with Crippen LogP contribution in [0.15, 0.2) is 33.6 Å². The van der Waals surface area contributed by atoms with Gasteiger partial charge in [0.05, 0.1) is 4.90 Å². The van der Waals surface area contributed by atoms with Gasteiger partial charge >= 0.3 is 0 Å². The lowest BCUT2D eigenvalue weighted by molar-refractivity contribution is 0.350. The Balaban J connectivity index is 2.29. The Morgan fingerprint density at radius 3 is 2.82 bits per heavy atom. The zero-order valence-corrected chi connectivity index (χ0v) is 12.3. The maximum Gasteiger partial charge on any atom is 0.243 e. The molecule has 0 saturated carbocycles. The number of piperidine rings is 1. The molecule has 1 aromatic rings. The molecular weight excluding hydrogens is 326 g/mol. The number of sulfonamides is 1. The van der Waals surface area contributed by atoms with Gasteiger partial charge in [0.2, 0.25) is 10.0 Å². The molecule has 0 spiro atoms. The van der Waals surface area contributed by atoms with Crippen molar-refractivity contribution in [2.75, 3.05) is 13.1 Å². The molecule has 0 amide bonds. The van der Waals surface area contributed by atoms with Crippen molar-refractivity contribution in [2.24, 2.45) is 0 Å². The Morgan fingerprint density at radius 1 is 1.41 bits per heavy atom. The average molecular weight is 339 g/mol. The number of benzene rings is 1. The Hall–Kier alpha value is -0.100. The zero-order chi connectivity index (χ0) is 12.5. The summed E-state index contributed by atoms with van der Waals surface area (Å²) in [6.07, 6.45) is 1.70. The lowest BCUT2D eigenvalue weighted by Gasteiger charge is -2.28. The molecule has 1 aliphatic rings. The van der Waals surface area contributed by atoms with Crippen LogP contribution < -0.4 is 0 Å². The number of nitrogens with zero attached hydrogens (tertiary/aromatic N) is 1. The predicted molar refractivity (Wildman–Crippen MR) is 71.8 cm³/mol. The van der Waals surface area contributed by atoms with E-state index >= 15 is 0 Å². The van der Waals surface area contributed by atoms with Crippen molar-refractivity contribution < 1.29 is 8.42 Å². The minimum absolute atomic E-state index is 0.0781. The molecule has 1 saturated heterocycles. The van der Waals surface area contributed by atoms with Gasteiger partial charge < -0.3 is 0 Å². The molecule has 1 heterocycles. The Labute approximate surface area is 115 Å². The molecule has 2 rings (SSSR count). The maximum absolute atomic E-state index is 12.3. The molecule has 17 heavy (non-hydrogen) atoms. The first-order valence-electron chi connectivity index (χ1n) is 5.40. The van der Waals surface area contributed by atoms with Gasteiger partial charge in [0.25, 0.3) is 0 Å². The summed E-state index contributed by atoms with van der Waals surface area (Å²) in [6, 6.07) is 6.75. The van der Waals surface area contributed by atoms with E-state index in [1.165, 1.54) is 4.31 Å². The van der Waals surface area contributed by atoms with Gasteiger partial charge in [-0.2, -0.15) is 4.31 Å². The number of hydrogen-bond acceptors (Lipinski definition) is 2. The number of hydrogen-bond donors (Lipinski definition) is 0. The highest BCUT2D eigenvalue weighted by molar-refractivity contribution is 9.10. The van der Waals surface area contributed by atoms with Crippen LogP contribution in [0.25, 0.3) is 0 Å². The number of alkyl halides is 1. The van der Waals surface area contributed by atoms with E-state index in [0.29, 0.717) is 18.0 Å². The average Bonchev–Trinajstić information content (AvgIpc) is 2.29. The first-order chi connectivity index (χ1) is 8.00. The van der Waals surface area contributed by atoms with Crippen LogP contribution in [-0.2, 0) is 10.0 Å². The highest BCUT2D eigenvalue weighted by Crippen LogP contribution is 2.24. The Kier molecular flexibility index (Phi) is 4.13. The van der Waals surface area contributed by atoms with Gasteiger partial charge in [-0.05, 0) is 31.0 Å². The third-order valence-corrected chi connectivity index (χ3v) is 5.47. The third kappa shape index (κ3) is 3.02. The minimum Gasteiger partial charge on any atom is -0.207 e. The van der Waals surface area contributed by atoms with Crippen LogP contribution in [0.3, 0.4) is 0 Å². The van der Waals surface area contributed by atoms with E-state index in [9.17, 15) is 8.42 Å². The molecule has 0 aromatic heterocycles. The summed E-state index contributed by atoms with van der Waals surface area (Å²) in [5, 5.41) is -0.0781. The summed E-state index contributed by atoms with van der Waals surface area (Å²) in [7, 11) is -3.40. The van der Waals surface area contributed by atoms with E-state index in [-0.39, 0.29) is 5.38 Å². The second-order valence-electron chi connectivity index (χ2n) is 4.06. The fraction of sp³-hybridized carbons (Fsp3) is 0.455. The molecule has 3 nitrogen and oxygen atoms in total. The van der Waals surface area contributed by atoms with Crippen LogP contribution in [0, 0.1) is 0 Å². The van der Waals surface area contributed by atoms with Crippen molar-refractivity contribution in [3.63, 3.8) is 0 Å². The smallest absolute Gasteiger partial charge is 0.207 e. The first kappa shape index (κ1) is 13.3. The van der Waals surface area contributed by atoms with Crippen molar-refractivity contribution in [3.05, 3.63) is 28.7 Å². The quantitative estimate of drug-likeness (QED) is 0.778. The van der Waals surface area contributed by atoms with E-state index in [1.807, 2.05) is 0 Å². The largest absolute Gasteiger partial charge is 0.243 e. The van der Waals surface area contributed by atoms with Crippen molar-refractivity contribution in [2.45, 2.75) is 23.1 Å². The second kappa shape index (κ2) is 5.26. The van der Waals surface area contributed by atoms with Crippen LogP contribution in [-0.4, -0.2) is 31.2 Å². The summed E-state index contributed by atoms with van der Waals surface area (Å²) in [5.41, 5.74) is 0. The molecule has 6 heteroatoms. The maximum atomic E-state index is 12.3. The molecule has 1 atom stereocenters. The van der Waals surface area contributed by atoms with E-state index in [0.717, 1.165) is 17.3 Å². The molecule has 94 valence electrons. The topological polar surface area (TPSA) is 37.4 Å². The molecule has 1 aromatic carbocycles. The van der Waals surface area contributed by atoms with Gasteiger partial charge in [-0.25, -0.2) is 8.42 Å². The lowest BCUT2D eigenvalue weighted by atomic mass is 10.2. The molecule has 1 aliphatic heterocycles. The molecule has 0 bridgehead atoms. The Morgan fingerprint density at radius 2 is 2.18 bits per heavy atom. The van der Waals surface area contributed by atoms with Crippen molar-refractivity contribution in [1.82, 2.24) is 4.31 Å². The van der Waals surface area contributed by atoms with E-state index in [2.05, 4.69) is 15.9 Å². The standard InChI is InChI=1S/C11H13BrClNO2S/c12-9-3-1-5-11(7-9)17(15,16)14-6-2-4-10(13)8-14/h1,3,5,7,10H,2,4,6,8H2. The minimum atomic E-state index is -3.40. The highest BCUT2D eigenvalue weighted by Gasteiger charge is 2.29. The normalized spacial score (nSPS) is 22.6. The van der Waals surface area contributed by atoms with Crippen LogP contribution in [0.1, 0.15) is 12.8 Å². The summed E-state index contributed by atoms with van der Waals surface area (Å²) in [5.74, 6) is 0. The molecule has 1 unspecified atom stereocenters. The van der Waals surface area contributed by atoms with Crippen LogP contribution >= 0.6 is 27.5 Å². The van der Waals surface area contributed by atoms with Gasteiger partial charge in [0.15, 0.2) is 0 Å². The molecule has 1 fully saturated rings. The molecular formula is C11H13BrClNO2S. The van der Waals surface area contributed by atoms with Gasteiger partial charge in [0, 0.05) is 22.9 Å². The molecule has 0 aliphatic carbocycles. The fourth-order valence-electron chi connectivity index (χ4n) is 1.89. The summed E-state index contributed by atoms with van der Waals surface area (Å²) < 4.78 is 26.9. The summed E-state index contributed by atoms with van der Waals surface area (Å²) >= 11 is 9.30. The second-order valence-corrected chi connectivity index (χ2v) is 7.53. The van der Waals surface area contributed by atoms with Crippen LogP contribution in [0.5, 0.6) is 0 Å². The number of halogens is 2. The lowest BCUT2D eigenvalue weighted by Crippen LogP contribution is -2.40. The molecule has 0 N–H and O–H groups in total. The van der Waals surface area contributed by atoms with Crippen molar-refractivity contribution in [3.8, 4) is 0 Å². The summed E-state index contributed by atoms with van der Waals surface area (Å²) in [4.78, 5) is 0.317. The van der Waals surface area contributed by atoms with Crippen LogP contribution in [0.2, 0.25) is 0 Å². The third-order valence-electron chi connectivity index (χ3n) is 2.76. The highest BCUT2D eigenvalue weighted by atomic mass is 79.9. The van der Waals surface area contributed by atoms with Crippen molar-refractivity contribution in [1.29, 1.82) is 0 Å². The van der Waals surface area contributed by atoms with Gasteiger partial charge in [-0.3, -0.25) is 0 Å². The van der Waals surface area contributed by atoms with Crippen molar-refractivity contribution >= 4 is 37.6 Å². The van der Waals surface area contributed by atoms with E-state index < -0.39 is 10.0 Å². The zero-order valence-electron chi connectivity index (χ0n) is 9.14. The molecule has 0 radical (unpaired) electrons. The van der Waals surface area contributed by atoms with E-state index in [4.69, 9.17) is 11.6 Å². The van der Waals surface area contributed by atoms with Gasteiger partial charge in [-0.1, -0.05) is 22.0 Å². The fourth-order valence-corrected chi connectivity index (χ4v) is 4.41. The number of rotatable bonds is 2. The van der Waals surface area contributed by atoms with E-state index in [1.54, 1.807) is 24.3 Å². The van der Waals surface area contributed by atoms with Crippen LogP contribution in [0.4, 0.5) is 0 Å². The Bertz CT molecular complexity index is 506. The monoisotopic (exact) mass is 337 g/mol. The van der Waals surface area contributed by atoms with Gasteiger partial charge in [-0.15, -0.1) is 11.6 Å². The van der Waals surface area contributed by atoms with Gasteiger partial charge in [0.1, 0.15) is 0 Å². The summed E-state index contributed by atoms with van der Waals surface area (Å²) in [6.45, 7) is 0.953. The SMILES string of the molecule is O=S(=O)(c1cccc(Br)c1)N1CCCC(Cl)C1. The first-order valence-corrected chi connectivity index (χ1v) is 8.07.